The predicted molar refractivity (Wildman–Crippen MR) is 79.6 cm³/mol. The predicted octanol–water partition coefficient (Wildman–Crippen LogP) is 2.68. The van der Waals surface area contributed by atoms with Crippen LogP contribution >= 0.6 is 12.4 Å². The molecule has 1 aromatic heterocycles. The molecule has 2 unspecified atom stereocenters. The van der Waals surface area contributed by atoms with Crippen LogP contribution in [-0.4, -0.2) is 23.2 Å². The van der Waals surface area contributed by atoms with E-state index in [0.717, 1.165) is 19.5 Å². The second kappa shape index (κ2) is 5.85. The van der Waals surface area contributed by atoms with Gasteiger partial charge in [-0.15, -0.1) is 12.4 Å². The first-order valence-corrected chi connectivity index (χ1v) is 7.17. The Bertz CT molecular complexity index is 658. The number of ether oxygens (including phenoxy) is 1. The summed E-state index contributed by atoms with van der Waals surface area (Å²) in [5.41, 5.74) is 0.330. The van der Waals surface area contributed by atoms with E-state index in [1.807, 2.05) is 0 Å². The van der Waals surface area contributed by atoms with Gasteiger partial charge in [-0.3, -0.25) is 0 Å². The van der Waals surface area contributed by atoms with Crippen LogP contribution in [0.5, 0.6) is 5.75 Å². The van der Waals surface area contributed by atoms with Crippen LogP contribution < -0.4 is 10.1 Å². The summed E-state index contributed by atoms with van der Waals surface area (Å²) in [6, 6.07) is 6.28. The standard InChI is InChI=1S/C15H16FN3O2.ClH/c16-11-3-1-2-4-12(11)20-8-13-18-14(21-19-13)10-7-15(10)5-6-17-9-15;/h1-4,10,17H,5-9H2;1H. The SMILES string of the molecule is Cl.Fc1ccccc1OCc1noc(C2CC23CCNC3)n1. The van der Waals surface area contributed by atoms with Gasteiger partial charge >= 0.3 is 0 Å². The van der Waals surface area contributed by atoms with Crippen LogP contribution in [0.15, 0.2) is 28.8 Å². The molecule has 118 valence electrons. The van der Waals surface area contributed by atoms with Gasteiger partial charge in [-0.2, -0.15) is 4.98 Å². The largest absolute Gasteiger partial charge is 0.482 e. The van der Waals surface area contributed by atoms with Crippen molar-refractivity contribution < 1.29 is 13.7 Å². The van der Waals surface area contributed by atoms with E-state index in [-0.39, 0.29) is 30.6 Å². The van der Waals surface area contributed by atoms with E-state index in [1.165, 1.54) is 12.5 Å². The van der Waals surface area contributed by atoms with Gasteiger partial charge in [0.15, 0.2) is 18.2 Å². The minimum absolute atomic E-state index is 0. The van der Waals surface area contributed by atoms with E-state index in [1.54, 1.807) is 18.2 Å². The quantitative estimate of drug-likeness (QED) is 0.936. The molecule has 1 aliphatic carbocycles. The lowest BCUT2D eigenvalue weighted by molar-refractivity contribution is 0.272. The maximum Gasteiger partial charge on any atom is 0.230 e. The van der Waals surface area contributed by atoms with Crippen LogP contribution in [0.25, 0.3) is 0 Å². The van der Waals surface area contributed by atoms with Crippen LogP contribution in [0.4, 0.5) is 4.39 Å². The lowest BCUT2D eigenvalue weighted by Gasteiger charge is -2.03. The summed E-state index contributed by atoms with van der Waals surface area (Å²) in [6.07, 6.45) is 2.27. The molecule has 1 saturated carbocycles. The summed E-state index contributed by atoms with van der Waals surface area (Å²) in [7, 11) is 0. The summed E-state index contributed by atoms with van der Waals surface area (Å²) >= 11 is 0. The number of nitrogens with zero attached hydrogens (tertiary/aromatic N) is 2. The van der Waals surface area contributed by atoms with Gasteiger partial charge in [-0.25, -0.2) is 4.39 Å². The molecule has 2 heterocycles. The highest BCUT2D eigenvalue weighted by atomic mass is 35.5. The summed E-state index contributed by atoms with van der Waals surface area (Å²) in [4.78, 5) is 4.38. The zero-order valence-electron chi connectivity index (χ0n) is 11.9. The summed E-state index contributed by atoms with van der Waals surface area (Å²) in [5.74, 6) is 1.32. The van der Waals surface area contributed by atoms with Crippen molar-refractivity contribution in [3.8, 4) is 5.75 Å². The molecule has 1 saturated heterocycles. The Morgan fingerprint density at radius 3 is 3.05 bits per heavy atom. The maximum atomic E-state index is 13.4. The Hall–Kier alpha value is -1.66. The fourth-order valence-electron chi connectivity index (χ4n) is 3.10. The Morgan fingerprint density at radius 1 is 1.41 bits per heavy atom. The second-order valence-electron chi connectivity index (χ2n) is 5.81. The fraction of sp³-hybridized carbons (Fsp3) is 0.467. The van der Waals surface area contributed by atoms with Crippen molar-refractivity contribution in [2.75, 3.05) is 13.1 Å². The number of aromatic nitrogens is 2. The van der Waals surface area contributed by atoms with Gasteiger partial charge in [0, 0.05) is 12.5 Å². The molecular weight excluding hydrogens is 309 g/mol. The number of hydrogen-bond donors (Lipinski definition) is 1. The maximum absolute atomic E-state index is 13.4. The first kappa shape index (κ1) is 15.2. The van der Waals surface area contributed by atoms with E-state index in [2.05, 4.69) is 15.5 Å². The average molecular weight is 326 g/mol. The van der Waals surface area contributed by atoms with E-state index in [4.69, 9.17) is 9.26 Å². The fourth-order valence-corrected chi connectivity index (χ4v) is 3.10. The van der Waals surface area contributed by atoms with Crippen LogP contribution in [0.1, 0.15) is 30.5 Å². The molecule has 2 atom stereocenters. The molecule has 0 amide bonds. The van der Waals surface area contributed by atoms with E-state index >= 15 is 0 Å². The molecule has 1 aromatic carbocycles. The molecule has 5 nitrogen and oxygen atoms in total. The Kier molecular flexibility index (Phi) is 4.06. The van der Waals surface area contributed by atoms with E-state index in [0.29, 0.717) is 23.0 Å². The van der Waals surface area contributed by atoms with E-state index < -0.39 is 0 Å². The molecular formula is C15H17ClFN3O2. The van der Waals surface area contributed by atoms with Crippen LogP contribution in [0.2, 0.25) is 0 Å². The van der Waals surface area contributed by atoms with Crippen molar-refractivity contribution in [2.24, 2.45) is 5.41 Å². The van der Waals surface area contributed by atoms with Gasteiger partial charge in [-0.1, -0.05) is 17.3 Å². The molecule has 2 aliphatic rings. The molecule has 1 N–H and O–H groups in total. The summed E-state index contributed by atoms with van der Waals surface area (Å²) in [5, 5.41) is 7.30. The molecule has 1 aliphatic heterocycles. The Labute approximate surface area is 133 Å². The minimum atomic E-state index is -0.389. The van der Waals surface area contributed by atoms with Gasteiger partial charge in [-0.05, 0) is 36.9 Å². The number of benzene rings is 1. The third-order valence-corrected chi connectivity index (χ3v) is 4.44. The topological polar surface area (TPSA) is 60.2 Å². The highest BCUT2D eigenvalue weighted by molar-refractivity contribution is 5.85. The summed E-state index contributed by atoms with van der Waals surface area (Å²) in [6.45, 7) is 2.21. The smallest absolute Gasteiger partial charge is 0.230 e. The first-order chi connectivity index (χ1) is 10.3. The zero-order chi connectivity index (χ0) is 14.3. The van der Waals surface area contributed by atoms with Crippen molar-refractivity contribution in [1.29, 1.82) is 0 Å². The van der Waals surface area contributed by atoms with Gasteiger partial charge in [0.2, 0.25) is 11.7 Å². The molecule has 2 aromatic rings. The number of rotatable bonds is 4. The average Bonchev–Trinajstić information content (AvgIpc) is 2.85. The summed E-state index contributed by atoms with van der Waals surface area (Å²) < 4.78 is 24.2. The normalized spacial score (nSPS) is 26.0. The Balaban J connectivity index is 0.00000144. The third kappa shape index (κ3) is 2.68. The van der Waals surface area contributed by atoms with Crippen LogP contribution in [0, 0.1) is 11.2 Å². The highest BCUT2D eigenvalue weighted by Crippen LogP contribution is 2.62. The van der Waals surface area contributed by atoms with Crippen molar-refractivity contribution in [1.82, 2.24) is 15.5 Å². The molecule has 2 fully saturated rings. The van der Waals surface area contributed by atoms with Crippen molar-refractivity contribution in [2.45, 2.75) is 25.4 Å². The third-order valence-electron chi connectivity index (χ3n) is 4.44. The molecule has 0 radical (unpaired) electrons. The lowest BCUT2D eigenvalue weighted by atomic mass is 10.0. The van der Waals surface area contributed by atoms with Crippen molar-refractivity contribution in [3.05, 3.63) is 41.8 Å². The van der Waals surface area contributed by atoms with Crippen molar-refractivity contribution in [3.63, 3.8) is 0 Å². The monoisotopic (exact) mass is 325 g/mol. The number of hydrogen-bond acceptors (Lipinski definition) is 5. The van der Waals surface area contributed by atoms with Gasteiger partial charge < -0.3 is 14.6 Å². The Morgan fingerprint density at radius 2 is 2.27 bits per heavy atom. The lowest BCUT2D eigenvalue weighted by Crippen LogP contribution is -2.10. The van der Waals surface area contributed by atoms with Gasteiger partial charge in [0.05, 0.1) is 0 Å². The van der Waals surface area contributed by atoms with Crippen LogP contribution in [0.3, 0.4) is 0 Å². The molecule has 22 heavy (non-hydrogen) atoms. The molecule has 7 heteroatoms. The molecule has 4 rings (SSSR count). The van der Waals surface area contributed by atoms with Crippen molar-refractivity contribution >= 4 is 12.4 Å². The number of halogens is 2. The van der Waals surface area contributed by atoms with Gasteiger partial charge in [0.1, 0.15) is 0 Å². The van der Waals surface area contributed by atoms with Gasteiger partial charge in [0.25, 0.3) is 0 Å². The number of nitrogens with one attached hydrogen (secondary N) is 1. The number of para-hydroxylation sites is 1. The molecule has 1 spiro atoms. The second-order valence-corrected chi connectivity index (χ2v) is 5.81. The first-order valence-electron chi connectivity index (χ1n) is 7.17. The molecule has 0 bridgehead atoms. The van der Waals surface area contributed by atoms with Crippen LogP contribution in [-0.2, 0) is 6.61 Å². The highest BCUT2D eigenvalue weighted by Gasteiger charge is 2.58. The van der Waals surface area contributed by atoms with E-state index in [9.17, 15) is 4.39 Å². The zero-order valence-corrected chi connectivity index (χ0v) is 12.7. The minimum Gasteiger partial charge on any atom is -0.482 e.